The van der Waals surface area contributed by atoms with E-state index in [1.807, 2.05) is 0 Å². The molecule has 0 amide bonds. The van der Waals surface area contributed by atoms with Crippen molar-refractivity contribution in [3.8, 4) is 0 Å². The molecular weight excluding hydrogens is 310 g/mol. The topological polar surface area (TPSA) is 61.8 Å². The molecule has 0 saturated carbocycles. The summed E-state index contributed by atoms with van der Waals surface area (Å²) in [6.07, 6.45) is 3.26. The summed E-state index contributed by atoms with van der Waals surface area (Å²) in [4.78, 5) is 7.17. The van der Waals surface area contributed by atoms with Crippen LogP contribution in [-0.2, 0) is 9.84 Å². The minimum atomic E-state index is -2.81. The van der Waals surface area contributed by atoms with E-state index in [1.165, 1.54) is 12.8 Å². The second-order valence-corrected chi connectivity index (χ2v) is 10.1. The van der Waals surface area contributed by atoms with Gasteiger partial charge < -0.3 is 10.2 Å². The SMILES string of the molecule is CC(C)NC(=NCC1CCS(=O)(=O)C1)N1CCCC(C(C)C)C1. The second-order valence-electron chi connectivity index (χ2n) is 7.82. The Morgan fingerprint density at radius 3 is 2.57 bits per heavy atom. The molecule has 2 atom stereocenters. The first-order valence-corrected chi connectivity index (χ1v) is 10.9. The van der Waals surface area contributed by atoms with Gasteiger partial charge in [0.15, 0.2) is 15.8 Å². The number of sulfone groups is 1. The number of rotatable bonds is 4. The van der Waals surface area contributed by atoms with E-state index in [0.29, 0.717) is 30.0 Å². The highest BCUT2D eigenvalue weighted by molar-refractivity contribution is 7.91. The summed E-state index contributed by atoms with van der Waals surface area (Å²) < 4.78 is 23.2. The number of likely N-dealkylation sites (tertiary alicyclic amines) is 1. The summed E-state index contributed by atoms with van der Waals surface area (Å²) in [5.41, 5.74) is 0. The fourth-order valence-corrected chi connectivity index (χ4v) is 5.32. The molecule has 2 aliphatic rings. The molecule has 0 aromatic carbocycles. The Bertz CT molecular complexity index is 514. The summed E-state index contributed by atoms with van der Waals surface area (Å²) in [5, 5.41) is 3.48. The van der Waals surface area contributed by atoms with E-state index in [2.05, 4.69) is 37.9 Å². The lowest BCUT2D eigenvalue weighted by Crippen LogP contribution is -2.49. The third-order valence-corrected chi connectivity index (χ3v) is 6.78. The largest absolute Gasteiger partial charge is 0.354 e. The average Bonchev–Trinajstić information content (AvgIpc) is 2.82. The van der Waals surface area contributed by atoms with Crippen LogP contribution < -0.4 is 5.32 Å². The molecule has 0 aromatic rings. The van der Waals surface area contributed by atoms with Gasteiger partial charge in [-0.05, 0) is 50.9 Å². The van der Waals surface area contributed by atoms with Crippen LogP contribution in [0.15, 0.2) is 4.99 Å². The zero-order valence-corrected chi connectivity index (χ0v) is 15.9. The molecule has 0 spiro atoms. The van der Waals surface area contributed by atoms with E-state index in [1.54, 1.807) is 0 Å². The Hall–Kier alpha value is -0.780. The number of guanidine groups is 1. The smallest absolute Gasteiger partial charge is 0.194 e. The third kappa shape index (κ3) is 5.66. The maximum absolute atomic E-state index is 11.6. The molecule has 2 rings (SSSR count). The number of nitrogens with one attached hydrogen (secondary N) is 1. The molecular formula is C17H33N3O2S. The lowest BCUT2D eigenvalue weighted by atomic mass is 9.88. The highest BCUT2D eigenvalue weighted by atomic mass is 32.2. The van der Waals surface area contributed by atoms with E-state index < -0.39 is 9.84 Å². The third-order valence-electron chi connectivity index (χ3n) is 4.94. The lowest BCUT2D eigenvalue weighted by molar-refractivity contribution is 0.205. The molecule has 6 heteroatoms. The van der Waals surface area contributed by atoms with Crippen LogP contribution in [0.5, 0.6) is 0 Å². The van der Waals surface area contributed by atoms with E-state index >= 15 is 0 Å². The minimum absolute atomic E-state index is 0.189. The molecule has 134 valence electrons. The summed E-state index contributed by atoms with van der Waals surface area (Å²) in [7, 11) is -2.81. The predicted octanol–water partition coefficient (Wildman–Crippen LogP) is 2.14. The normalized spacial score (nSPS) is 28.6. The molecule has 0 radical (unpaired) electrons. The van der Waals surface area contributed by atoms with Crippen LogP contribution in [0.3, 0.4) is 0 Å². The van der Waals surface area contributed by atoms with Gasteiger partial charge in [0.25, 0.3) is 0 Å². The van der Waals surface area contributed by atoms with Crippen molar-refractivity contribution in [2.75, 3.05) is 31.1 Å². The van der Waals surface area contributed by atoms with Crippen molar-refractivity contribution in [1.82, 2.24) is 10.2 Å². The molecule has 1 N–H and O–H groups in total. The molecule has 0 aliphatic carbocycles. The standard InChI is InChI=1S/C17H33N3O2S/c1-13(2)16-6-5-8-20(11-16)17(19-14(3)4)18-10-15-7-9-23(21,22)12-15/h13-16H,5-12H2,1-4H3,(H,18,19). The van der Waals surface area contributed by atoms with Crippen LogP contribution in [0.25, 0.3) is 0 Å². The molecule has 0 aromatic heterocycles. The zero-order valence-electron chi connectivity index (χ0n) is 15.1. The van der Waals surface area contributed by atoms with E-state index in [4.69, 9.17) is 4.99 Å². The highest BCUT2D eigenvalue weighted by Crippen LogP contribution is 2.24. The van der Waals surface area contributed by atoms with Crippen LogP contribution in [0.2, 0.25) is 0 Å². The van der Waals surface area contributed by atoms with Gasteiger partial charge in [0.05, 0.1) is 11.5 Å². The van der Waals surface area contributed by atoms with Crippen molar-refractivity contribution in [2.24, 2.45) is 22.7 Å². The Morgan fingerprint density at radius 2 is 2.00 bits per heavy atom. The second kappa shape index (κ2) is 7.86. The summed E-state index contributed by atoms with van der Waals surface area (Å²) in [6, 6.07) is 0.334. The van der Waals surface area contributed by atoms with Crippen molar-refractivity contribution in [3.63, 3.8) is 0 Å². The van der Waals surface area contributed by atoms with E-state index in [9.17, 15) is 8.42 Å². The predicted molar refractivity (Wildman–Crippen MR) is 96.5 cm³/mol. The Labute approximate surface area is 141 Å². The van der Waals surface area contributed by atoms with Crippen LogP contribution in [0.4, 0.5) is 0 Å². The van der Waals surface area contributed by atoms with Gasteiger partial charge in [-0.1, -0.05) is 13.8 Å². The van der Waals surface area contributed by atoms with Crippen LogP contribution in [0, 0.1) is 17.8 Å². The first-order chi connectivity index (χ1) is 10.8. The van der Waals surface area contributed by atoms with Crippen molar-refractivity contribution in [2.45, 2.75) is 53.0 Å². The van der Waals surface area contributed by atoms with Gasteiger partial charge in [-0.25, -0.2) is 8.42 Å². The fraction of sp³-hybridized carbons (Fsp3) is 0.941. The van der Waals surface area contributed by atoms with Gasteiger partial charge in [0, 0.05) is 25.7 Å². The van der Waals surface area contributed by atoms with Crippen LogP contribution >= 0.6 is 0 Å². The minimum Gasteiger partial charge on any atom is -0.354 e. The summed E-state index contributed by atoms with van der Waals surface area (Å²) >= 11 is 0. The van der Waals surface area contributed by atoms with Gasteiger partial charge in [-0.3, -0.25) is 4.99 Å². The number of hydrogen-bond acceptors (Lipinski definition) is 3. The van der Waals surface area contributed by atoms with Crippen LogP contribution in [-0.4, -0.2) is 56.5 Å². The number of piperidine rings is 1. The number of nitrogens with zero attached hydrogens (tertiary/aromatic N) is 2. The highest BCUT2D eigenvalue weighted by Gasteiger charge is 2.29. The molecule has 5 nitrogen and oxygen atoms in total. The fourth-order valence-electron chi connectivity index (χ4n) is 3.47. The van der Waals surface area contributed by atoms with Gasteiger partial charge in [-0.15, -0.1) is 0 Å². The van der Waals surface area contributed by atoms with Gasteiger partial charge in [-0.2, -0.15) is 0 Å². The molecule has 2 aliphatic heterocycles. The molecule has 23 heavy (non-hydrogen) atoms. The molecule has 2 fully saturated rings. The summed E-state index contributed by atoms with van der Waals surface area (Å²) in [6.45, 7) is 11.6. The van der Waals surface area contributed by atoms with Crippen molar-refractivity contribution >= 4 is 15.8 Å². The van der Waals surface area contributed by atoms with E-state index in [-0.39, 0.29) is 5.92 Å². The molecule has 2 saturated heterocycles. The maximum atomic E-state index is 11.6. The van der Waals surface area contributed by atoms with Gasteiger partial charge >= 0.3 is 0 Å². The quantitative estimate of drug-likeness (QED) is 0.627. The molecule has 0 bridgehead atoms. The Balaban J connectivity index is 2.02. The summed E-state index contributed by atoms with van der Waals surface area (Å²) in [5.74, 6) is 3.21. The van der Waals surface area contributed by atoms with Crippen molar-refractivity contribution in [3.05, 3.63) is 0 Å². The van der Waals surface area contributed by atoms with Crippen LogP contribution in [0.1, 0.15) is 47.0 Å². The number of aliphatic imine (C=N–C) groups is 1. The van der Waals surface area contributed by atoms with Crippen molar-refractivity contribution < 1.29 is 8.42 Å². The first kappa shape index (κ1) is 18.6. The molecule has 2 heterocycles. The lowest BCUT2D eigenvalue weighted by Gasteiger charge is -2.37. The van der Waals surface area contributed by atoms with Gasteiger partial charge in [0.1, 0.15) is 0 Å². The number of hydrogen-bond donors (Lipinski definition) is 1. The van der Waals surface area contributed by atoms with E-state index in [0.717, 1.165) is 31.4 Å². The Kier molecular flexibility index (Phi) is 6.34. The van der Waals surface area contributed by atoms with Gasteiger partial charge in [0.2, 0.25) is 0 Å². The first-order valence-electron chi connectivity index (χ1n) is 9.03. The monoisotopic (exact) mass is 343 g/mol. The average molecular weight is 344 g/mol. The zero-order chi connectivity index (χ0) is 17.0. The molecule has 2 unspecified atom stereocenters. The Morgan fingerprint density at radius 1 is 1.26 bits per heavy atom. The maximum Gasteiger partial charge on any atom is 0.194 e. The van der Waals surface area contributed by atoms with Crippen molar-refractivity contribution in [1.29, 1.82) is 0 Å².